The third-order valence-electron chi connectivity index (χ3n) is 4.31. The summed E-state index contributed by atoms with van der Waals surface area (Å²) in [6.07, 6.45) is 0.698. The van der Waals surface area contributed by atoms with Gasteiger partial charge in [-0.3, -0.25) is 24.6 Å². The number of benzene rings is 1. The summed E-state index contributed by atoms with van der Waals surface area (Å²) in [7, 11) is 0. The average Bonchev–Trinajstić information content (AvgIpc) is 3.28. The second-order valence-corrected chi connectivity index (χ2v) is 8.02. The smallest absolute Gasteiger partial charge is 0.326 e. The Hall–Kier alpha value is -3.51. The summed E-state index contributed by atoms with van der Waals surface area (Å²) >= 11 is 6.02. The van der Waals surface area contributed by atoms with Gasteiger partial charge < -0.3 is 14.6 Å². The van der Waals surface area contributed by atoms with Gasteiger partial charge in [-0.05, 0) is 30.7 Å². The molecule has 1 aliphatic rings. The molecule has 0 bridgehead atoms. The minimum Gasteiger partial charge on any atom is -0.481 e. The number of rotatable bonds is 8. The van der Waals surface area contributed by atoms with E-state index in [0.29, 0.717) is 17.1 Å². The Balaban J connectivity index is 1.80. The second-order valence-electron chi connectivity index (χ2n) is 6.34. The van der Waals surface area contributed by atoms with Crippen molar-refractivity contribution in [2.45, 2.75) is 18.9 Å². The molecule has 160 valence electrons. The molecule has 3 rings (SSSR count). The van der Waals surface area contributed by atoms with E-state index in [2.05, 4.69) is 0 Å². The van der Waals surface area contributed by atoms with E-state index in [1.54, 1.807) is 12.1 Å². The number of carbonyl (C=O) groups is 3. The van der Waals surface area contributed by atoms with Crippen LogP contribution >= 0.6 is 24.0 Å². The number of furan rings is 1. The lowest BCUT2D eigenvalue weighted by Gasteiger charge is -2.22. The second kappa shape index (κ2) is 9.10. The van der Waals surface area contributed by atoms with E-state index in [4.69, 9.17) is 21.7 Å². The van der Waals surface area contributed by atoms with Crippen molar-refractivity contribution >= 4 is 57.9 Å². The Kier molecular flexibility index (Phi) is 6.51. The van der Waals surface area contributed by atoms with Crippen LogP contribution in [0.4, 0.5) is 5.69 Å². The van der Waals surface area contributed by atoms with Crippen LogP contribution in [0.5, 0.6) is 0 Å². The van der Waals surface area contributed by atoms with Crippen molar-refractivity contribution in [1.82, 2.24) is 4.90 Å². The van der Waals surface area contributed by atoms with E-state index in [1.165, 1.54) is 30.3 Å². The molecule has 1 aliphatic heterocycles. The van der Waals surface area contributed by atoms with Crippen molar-refractivity contribution in [2.75, 3.05) is 0 Å². The number of hydrogen-bond donors (Lipinski definition) is 2. The highest BCUT2D eigenvalue weighted by atomic mass is 32.2. The van der Waals surface area contributed by atoms with Crippen LogP contribution in [0.1, 0.15) is 18.6 Å². The predicted octanol–water partition coefficient (Wildman–Crippen LogP) is 3.37. The number of amides is 1. The molecule has 2 heterocycles. The molecule has 1 aromatic heterocycles. The number of hydrogen-bond acceptors (Lipinski definition) is 8. The van der Waals surface area contributed by atoms with Crippen LogP contribution < -0.4 is 0 Å². The van der Waals surface area contributed by atoms with Gasteiger partial charge in [-0.2, -0.15) is 0 Å². The summed E-state index contributed by atoms with van der Waals surface area (Å²) in [5.74, 6) is -2.47. The van der Waals surface area contributed by atoms with Gasteiger partial charge in [-0.1, -0.05) is 24.0 Å². The third kappa shape index (κ3) is 4.98. The maximum Gasteiger partial charge on any atom is 0.326 e. The zero-order chi connectivity index (χ0) is 22.7. The molecular weight excluding hydrogens is 448 g/mol. The van der Waals surface area contributed by atoms with Gasteiger partial charge >= 0.3 is 11.9 Å². The zero-order valence-electron chi connectivity index (χ0n) is 15.6. The van der Waals surface area contributed by atoms with E-state index in [1.807, 2.05) is 0 Å². The summed E-state index contributed by atoms with van der Waals surface area (Å²) in [5.41, 5.74) is 0.535. The minimum absolute atomic E-state index is 0.0104. The van der Waals surface area contributed by atoms with Gasteiger partial charge in [-0.25, -0.2) is 4.79 Å². The molecule has 10 nitrogen and oxygen atoms in total. The highest BCUT2D eigenvalue weighted by Gasteiger charge is 2.40. The van der Waals surface area contributed by atoms with E-state index >= 15 is 0 Å². The van der Waals surface area contributed by atoms with Crippen molar-refractivity contribution in [3.8, 4) is 11.3 Å². The molecule has 2 N–H and O–H groups in total. The number of nitro groups is 1. The number of carboxylic acid groups (broad SMARTS) is 2. The number of aliphatic carboxylic acids is 2. The van der Waals surface area contributed by atoms with Crippen molar-refractivity contribution < 1.29 is 33.9 Å². The fourth-order valence-corrected chi connectivity index (χ4v) is 4.17. The first kappa shape index (κ1) is 22.2. The molecule has 0 saturated carbocycles. The quantitative estimate of drug-likeness (QED) is 0.258. The van der Waals surface area contributed by atoms with Crippen LogP contribution in [-0.2, 0) is 14.4 Å². The lowest BCUT2D eigenvalue weighted by Crippen LogP contribution is -2.44. The zero-order valence-corrected chi connectivity index (χ0v) is 17.2. The molecule has 1 saturated heterocycles. The number of carbonyl (C=O) groups excluding carboxylic acids is 1. The number of nitrogens with zero attached hydrogens (tertiary/aromatic N) is 2. The molecule has 1 fully saturated rings. The molecule has 1 aromatic carbocycles. The maximum atomic E-state index is 12.7. The Bertz CT molecular complexity index is 1110. The maximum absolute atomic E-state index is 12.7. The molecule has 12 heteroatoms. The van der Waals surface area contributed by atoms with Crippen LogP contribution in [0.25, 0.3) is 17.4 Å². The normalized spacial score (nSPS) is 16.0. The summed E-state index contributed by atoms with van der Waals surface area (Å²) in [4.78, 5) is 46.3. The molecule has 1 atom stereocenters. The van der Waals surface area contributed by atoms with Gasteiger partial charge in [0.1, 0.15) is 21.9 Å². The van der Waals surface area contributed by atoms with E-state index in [0.717, 1.165) is 16.7 Å². The molecule has 0 unspecified atom stereocenters. The van der Waals surface area contributed by atoms with Crippen LogP contribution in [0, 0.1) is 10.1 Å². The predicted molar refractivity (Wildman–Crippen MR) is 114 cm³/mol. The van der Waals surface area contributed by atoms with Crippen LogP contribution in [-0.4, -0.2) is 48.2 Å². The van der Waals surface area contributed by atoms with E-state index in [9.17, 15) is 29.6 Å². The van der Waals surface area contributed by atoms with Gasteiger partial charge in [-0.15, -0.1) is 0 Å². The van der Waals surface area contributed by atoms with Gasteiger partial charge in [0, 0.05) is 30.2 Å². The lowest BCUT2D eigenvalue weighted by atomic mass is 10.1. The average molecular weight is 462 g/mol. The van der Waals surface area contributed by atoms with Crippen molar-refractivity contribution in [3.63, 3.8) is 0 Å². The standard InChI is InChI=1S/C19H14N2O8S2/c22-16(23)8-6-13(18(25)26)20-17(24)15(31-19(20)30)9-12-5-7-14(29-12)10-1-3-11(4-2-10)21(27)28/h1-5,7,9,13H,6,8H2,(H,22,23)(H,25,26)/b15-9+/t13-/m1/s1. The summed E-state index contributed by atoms with van der Waals surface area (Å²) in [6, 6.07) is 7.56. The molecule has 2 aromatic rings. The van der Waals surface area contributed by atoms with Crippen LogP contribution in [0.15, 0.2) is 45.7 Å². The molecule has 0 aliphatic carbocycles. The molecule has 0 spiro atoms. The van der Waals surface area contributed by atoms with Gasteiger partial charge in [0.15, 0.2) is 0 Å². The topological polar surface area (TPSA) is 151 Å². The SMILES string of the molecule is O=C(O)CC[C@H](C(=O)O)N1C(=O)/C(=C\c2ccc(-c3ccc([N+](=O)[O-])cc3)o2)SC1=S. The number of carboxylic acids is 2. The minimum atomic E-state index is -1.39. The number of nitro benzene ring substituents is 1. The molecule has 1 amide bonds. The Morgan fingerprint density at radius 3 is 2.48 bits per heavy atom. The van der Waals surface area contributed by atoms with Crippen molar-refractivity contribution in [3.05, 3.63) is 57.2 Å². The summed E-state index contributed by atoms with van der Waals surface area (Å²) in [6.45, 7) is 0. The van der Waals surface area contributed by atoms with E-state index in [-0.39, 0.29) is 21.3 Å². The number of thiocarbonyl (C=S) groups is 1. The monoisotopic (exact) mass is 462 g/mol. The Morgan fingerprint density at radius 2 is 1.90 bits per heavy atom. The van der Waals surface area contributed by atoms with Gasteiger partial charge in [0.2, 0.25) is 0 Å². The summed E-state index contributed by atoms with van der Waals surface area (Å²) in [5, 5.41) is 29.0. The van der Waals surface area contributed by atoms with Crippen molar-refractivity contribution in [2.24, 2.45) is 0 Å². The number of non-ortho nitro benzene ring substituents is 1. The first-order chi connectivity index (χ1) is 14.7. The van der Waals surface area contributed by atoms with Gasteiger partial charge in [0.05, 0.1) is 9.83 Å². The lowest BCUT2D eigenvalue weighted by molar-refractivity contribution is -0.384. The Morgan fingerprint density at radius 1 is 1.23 bits per heavy atom. The molecular formula is C19H14N2O8S2. The highest BCUT2D eigenvalue weighted by Crippen LogP contribution is 2.35. The Labute approximate surface area is 184 Å². The van der Waals surface area contributed by atoms with Crippen LogP contribution in [0.2, 0.25) is 0 Å². The fourth-order valence-electron chi connectivity index (χ4n) is 2.83. The van der Waals surface area contributed by atoms with Gasteiger partial charge in [0.25, 0.3) is 11.6 Å². The fraction of sp³-hybridized carbons (Fsp3) is 0.158. The van der Waals surface area contributed by atoms with Crippen LogP contribution in [0.3, 0.4) is 0 Å². The molecule has 31 heavy (non-hydrogen) atoms. The third-order valence-corrected chi connectivity index (χ3v) is 5.65. The highest BCUT2D eigenvalue weighted by molar-refractivity contribution is 8.26. The van der Waals surface area contributed by atoms with Crippen molar-refractivity contribution in [1.29, 1.82) is 0 Å². The number of thioether (sulfide) groups is 1. The largest absolute Gasteiger partial charge is 0.481 e. The first-order valence-corrected chi connectivity index (χ1v) is 9.96. The summed E-state index contributed by atoms with van der Waals surface area (Å²) < 4.78 is 5.68. The van der Waals surface area contributed by atoms with E-state index < -0.39 is 35.2 Å². The molecule has 0 radical (unpaired) electrons. The first-order valence-electron chi connectivity index (χ1n) is 8.73.